The third-order valence-corrected chi connectivity index (χ3v) is 4.49. The van der Waals surface area contributed by atoms with Crippen LogP contribution in [-0.4, -0.2) is 27.0 Å². The van der Waals surface area contributed by atoms with Gasteiger partial charge in [0.25, 0.3) is 0 Å². The second-order valence-corrected chi connectivity index (χ2v) is 7.14. The van der Waals surface area contributed by atoms with Crippen LogP contribution in [0.25, 0.3) is 10.8 Å². The molecule has 0 aliphatic heterocycles. The van der Waals surface area contributed by atoms with Gasteiger partial charge in [-0.05, 0) is 35.0 Å². The molecular weight excluding hydrogens is 308 g/mol. The number of phenols is 2. The molecule has 0 aliphatic carbocycles. The smallest absolute Gasteiger partial charge is 0.241 e. The summed E-state index contributed by atoms with van der Waals surface area (Å²) in [5, 5.41) is 29.4. The first-order valence-corrected chi connectivity index (χ1v) is 8.15. The molecular formula is C10H10N2O6S2. The van der Waals surface area contributed by atoms with Crippen molar-refractivity contribution in [2.45, 2.75) is 9.79 Å². The van der Waals surface area contributed by atoms with E-state index in [1.165, 1.54) is 0 Å². The topological polar surface area (TPSA) is 161 Å². The number of fused-ring (bicyclic) bond motifs is 1. The van der Waals surface area contributed by atoms with Gasteiger partial charge in [0.05, 0.1) is 0 Å². The van der Waals surface area contributed by atoms with Gasteiger partial charge in [-0.1, -0.05) is 0 Å². The predicted octanol–water partition coefficient (Wildman–Crippen LogP) is -0.454. The maximum atomic E-state index is 11.3. The molecule has 0 heterocycles. The van der Waals surface area contributed by atoms with Gasteiger partial charge in [-0.2, -0.15) is 0 Å². The average molecular weight is 318 g/mol. The standard InChI is InChI=1S/C10H10N2O6S2/c11-19(15,16)9-3-6-4-10(20(12,17)18)8(14)2-5(6)1-7(9)13/h1-4,13-14H,(H2,11,15,16)(H2,12,17,18). The van der Waals surface area contributed by atoms with Gasteiger partial charge in [0.1, 0.15) is 21.3 Å². The molecule has 6 N–H and O–H groups in total. The first-order valence-electron chi connectivity index (χ1n) is 5.05. The largest absolute Gasteiger partial charge is 0.507 e. The molecule has 0 aliphatic rings. The third kappa shape index (κ3) is 2.54. The van der Waals surface area contributed by atoms with Crippen LogP contribution in [0.5, 0.6) is 11.5 Å². The normalized spacial score (nSPS) is 12.7. The minimum atomic E-state index is -4.18. The summed E-state index contributed by atoms with van der Waals surface area (Å²) < 4.78 is 45.1. The fourth-order valence-electron chi connectivity index (χ4n) is 1.74. The molecule has 0 amide bonds. The van der Waals surface area contributed by atoms with Gasteiger partial charge in [-0.3, -0.25) is 0 Å². The summed E-state index contributed by atoms with van der Waals surface area (Å²) in [6.07, 6.45) is 0. The van der Waals surface area contributed by atoms with E-state index in [1.54, 1.807) is 0 Å². The molecule has 0 unspecified atom stereocenters. The Hall–Kier alpha value is -1.88. The van der Waals surface area contributed by atoms with E-state index in [-0.39, 0.29) is 10.8 Å². The van der Waals surface area contributed by atoms with E-state index < -0.39 is 41.3 Å². The predicted molar refractivity (Wildman–Crippen MR) is 70.0 cm³/mol. The van der Waals surface area contributed by atoms with Gasteiger partial charge >= 0.3 is 0 Å². The Balaban J connectivity index is 2.91. The highest BCUT2D eigenvalue weighted by Gasteiger charge is 2.19. The van der Waals surface area contributed by atoms with Crippen molar-refractivity contribution in [2.24, 2.45) is 10.3 Å². The lowest BCUT2D eigenvalue weighted by Gasteiger charge is -2.08. The third-order valence-electron chi connectivity index (χ3n) is 2.61. The maximum absolute atomic E-state index is 11.3. The van der Waals surface area contributed by atoms with Gasteiger partial charge < -0.3 is 10.2 Å². The van der Waals surface area contributed by atoms with Crippen LogP contribution in [0.4, 0.5) is 0 Å². The first kappa shape index (κ1) is 14.5. The van der Waals surface area contributed by atoms with Crippen molar-refractivity contribution < 1.29 is 27.0 Å². The van der Waals surface area contributed by atoms with Crippen LogP contribution in [0.1, 0.15) is 0 Å². The number of benzene rings is 2. The van der Waals surface area contributed by atoms with Crippen molar-refractivity contribution in [3.05, 3.63) is 24.3 Å². The number of phenolic OH excluding ortho intramolecular Hbond substituents is 2. The van der Waals surface area contributed by atoms with Gasteiger partial charge in [-0.25, -0.2) is 27.1 Å². The zero-order chi connectivity index (χ0) is 15.3. The summed E-state index contributed by atoms with van der Waals surface area (Å²) in [7, 11) is -8.35. The molecule has 0 spiro atoms. The number of sulfonamides is 2. The molecule has 0 saturated carbocycles. The van der Waals surface area contributed by atoms with Crippen molar-refractivity contribution in [3.63, 3.8) is 0 Å². The highest BCUT2D eigenvalue weighted by atomic mass is 32.2. The van der Waals surface area contributed by atoms with Crippen LogP contribution in [-0.2, 0) is 20.0 Å². The lowest BCUT2D eigenvalue weighted by atomic mass is 10.1. The molecule has 2 aromatic carbocycles. The van der Waals surface area contributed by atoms with E-state index in [4.69, 9.17) is 10.3 Å². The number of rotatable bonds is 2. The van der Waals surface area contributed by atoms with Crippen molar-refractivity contribution in [1.29, 1.82) is 0 Å². The average Bonchev–Trinajstić information content (AvgIpc) is 2.24. The minimum Gasteiger partial charge on any atom is -0.507 e. The van der Waals surface area contributed by atoms with Crippen molar-refractivity contribution in [2.75, 3.05) is 0 Å². The molecule has 0 bridgehead atoms. The summed E-state index contributed by atoms with van der Waals surface area (Å²) >= 11 is 0. The zero-order valence-corrected chi connectivity index (χ0v) is 11.4. The first-order chi connectivity index (χ1) is 9.00. The minimum absolute atomic E-state index is 0.133. The zero-order valence-electron chi connectivity index (χ0n) is 9.81. The Morgan fingerprint density at radius 1 is 0.700 bits per heavy atom. The Kier molecular flexibility index (Phi) is 3.13. The molecule has 10 heteroatoms. The molecule has 20 heavy (non-hydrogen) atoms. The number of nitrogens with two attached hydrogens (primary N) is 2. The molecule has 0 aromatic heterocycles. The Labute approximate surface area is 114 Å². The Morgan fingerprint density at radius 3 is 1.30 bits per heavy atom. The lowest BCUT2D eigenvalue weighted by molar-refractivity contribution is 0.458. The second-order valence-electron chi connectivity index (χ2n) is 4.08. The van der Waals surface area contributed by atoms with Gasteiger partial charge in [0.15, 0.2) is 0 Å². The van der Waals surface area contributed by atoms with Crippen molar-refractivity contribution in [1.82, 2.24) is 0 Å². The van der Waals surface area contributed by atoms with E-state index in [2.05, 4.69) is 0 Å². The van der Waals surface area contributed by atoms with Crippen LogP contribution in [0.2, 0.25) is 0 Å². The molecule has 0 atom stereocenters. The molecule has 2 aromatic rings. The maximum Gasteiger partial charge on any atom is 0.241 e. The van der Waals surface area contributed by atoms with Crippen LogP contribution in [0.15, 0.2) is 34.1 Å². The molecule has 0 saturated heterocycles. The fraction of sp³-hybridized carbons (Fsp3) is 0. The number of primary sulfonamides is 2. The van der Waals surface area contributed by atoms with E-state index in [9.17, 15) is 27.0 Å². The molecule has 0 radical (unpaired) electrons. The van der Waals surface area contributed by atoms with Crippen LogP contribution in [0, 0.1) is 0 Å². The second kappa shape index (κ2) is 4.31. The Bertz CT molecular complexity index is 846. The molecule has 2 rings (SSSR count). The highest BCUT2D eigenvalue weighted by Crippen LogP contribution is 2.33. The van der Waals surface area contributed by atoms with Gasteiger partial charge in [0, 0.05) is 0 Å². The van der Waals surface area contributed by atoms with Crippen LogP contribution >= 0.6 is 0 Å². The summed E-state index contributed by atoms with van der Waals surface area (Å²) in [6.45, 7) is 0. The monoisotopic (exact) mass is 318 g/mol. The summed E-state index contributed by atoms with van der Waals surface area (Å²) in [5.74, 6) is -1.22. The summed E-state index contributed by atoms with van der Waals surface area (Å²) in [4.78, 5) is -1.12. The SMILES string of the molecule is NS(=O)(=O)c1cc2cc(S(N)(=O)=O)c(O)cc2cc1O. The van der Waals surface area contributed by atoms with Gasteiger partial charge in [0.2, 0.25) is 20.0 Å². The van der Waals surface area contributed by atoms with Crippen molar-refractivity contribution >= 4 is 30.8 Å². The van der Waals surface area contributed by atoms with E-state index in [1.807, 2.05) is 0 Å². The molecule has 8 nitrogen and oxygen atoms in total. The summed E-state index contributed by atoms with van der Waals surface area (Å²) in [6, 6.07) is 4.08. The van der Waals surface area contributed by atoms with Crippen molar-refractivity contribution in [3.8, 4) is 11.5 Å². The number of aromatic hydroxyl groups is 2. The van der Waals surface area contributed by atoms with E-state index in [0.717, 1.165) is 24.3 Å². The quantitative estimate of drug-likeness (QED) is 0.586. The Morgan fingerprint density at radius 2 is 1.00 bits per heavy atom. The number of hydrogen-bond donors (Lipinski definition) is 4. The van der Waals surface area contributed by atoms with Gasteiger partial charge in [-0.15, -0.1) is 0 Å². The van der Waals surface area contributed by atoms with E-state index >= 15 is 0 Å². The molecule has 108 valence electrons. The lowest BCUT2D eigenvalue weighted by Crippen LogP contribution is -2.13. The summed E-state index contributed by atoms with van der Waals surface area (Å²) in [5.41, 5.74) is 0. The van der Waals surface area contributed by atoms with Crippen LogP contribution in [0.3, 0.4) is 0 Å². The number of hydrogen-bond acceptors (Lipinski definition) is 6. The van der Waals surface area contributed by atoms with E-state index in [0.29, 0.717) is 0 Å². The van der Waals surface area contributed by atoms with Crippen LogP contribution < -0.4 is 10.3 Å². The highest BCUT2D eigenvalue weighted by molar-refractivity contribution is 7.89. The molecule has 0 fully saturated rings. The fourth-order valence-corrected chi connectivity index (χ4v) is 3.02.